The molecule has 23 heavy (non-hydrogen) atoms. The summed E-state index contributed by atoms with van der Waals surface area (Å²) in [5.74, 6) is 2.51. The molecule has 0 bridgehead atoms. The lowest BCUT2D eigenvalue weighted by Gasteiger charge is -2.12. The molecule has 0 radical (unpaired) electrons. The van der Waals surface area contributed by atoms with Crippen molar-refractivity contribution >= 4 is 17.8 Å². The fraction of sp³-hybridized carbons (Fsp3) is 0.222. The third-order valence-corrected chi connectivity index (χ3v) is 3.44. The van der Waals surface area contributed by atoms with E-state index in [1.807, 2.05) is 36.4 Å². The van der Waals surface area contributed by atoms with Crippen LogP contribution in [0.5, 0.6) is 23.0 Å². The van der Waals surface area contributed by atoms with Crippen molar-refractivity contribution in [1.29, 1.82) is 0 Å². The summed E-state index contributed by atoms with van der Waals surface area (Å²) in [5, 5.41) is 0. The van der Waals surface area contributed by atoms with Crippen LogP contribution in [0.15, 0.2) is 30.3 Å². The molecule has 0 aromatic heterocycles. The molecule has 0 atom stereocenters. The molecule has 5 heteroatoms. The first kappa shape index (κ1) is 16.5. The van der Waals surface area contributed by atoms with E-state index < -0.39 is 0 Å². The molecule has 0 aliphatic heterocycles. The number of hydrogen-bond donors (Lipinski definition) is 1. The van der Waals surface area contributed by atoms with Gasteiger partial charge in [-0.2, -0.15) is 0 Å². The fourth-order valence-corrected chi connectivity index (χ4v) is 2.22. The second-order valence-corrected chi connectivity index (χ2v) is 4.79. The smallest absolute Gasteiger partial charge is 0.203 e. The van der Waals surface area contributed by atoms with E-state index >= 15 is 0 Å². The SMILES string of the molecule is COc1ccc(C=Cc2cc(OC)c(OC)c(OC)c2)c(N)c1. The summed E-state index contributed by atoms with van der Waals surface area (Å²) >= 11 is 0. The Hall–Kier alpha value is -2.82. The van der Waals surface area contributed by atoms with Gasteiger partial charge in [-0.3, -0.25) is 0 Å². The number of nitrogens with two attached hydrogens (primary N) is 1. The lowest BCUT2D eigenvalue weighted by Crippen LogP contribution is -1.95. The van der Waals surface area contributed by atoms with Gasteiger partial charge < -0.3 is 24.7 Å². The van der Waals surface area contributed by atoms with Crippen molar-refractivity contribution in [3.05, 3.63) is 41.5 Å². The Morgan fingerprint density at radius 3 is 1.91 bits per heavy atom. The largest absolute Gasteiger partial charge is 0.497 e. The van der Waals surface area contributed by atoms with Crippen LogP contribution in [0, 0.1) is 0 Å². The first-order valence-corrected chi connectivity index (χ1v) is 7.04. The summed E-state index contributed by atoms with van der Waals surface area (Å²) in [6.07, 6.45) is 3.86. The molecule has 0 heterocycles. The van der Waals surface area contributed by atoms with Gasteiger partial charge in [0.25, 0.3) is 0 Å². The van der Waals surface area contributed by atoms with Gasteiger partial charge in [0, 0.05) is 11.8 Å². The van der Waals surface area contributed by atoms with Gasteiger partial charge in [-0.1, -0.05) is 12.2 Å². The van der Waals surface area contributed by atoms with Crippen molar-refractivity contribution in [2.24, 2.45) is 0 Å². The Morgan fingerprint density at radius 2 is 1.43 bits per heavy atom. The molecular formula is C18H21NO4. The quantitative estimate of drug-likeness (QED) is 0.653. The minimum atomic E-state index is 0.566. The third kappa shape index (κ3) is 3.69. The molecule has 0 saturated carbocycles. The minimum absolute atomic E-state index is 0.566. The van der Waals surface area contributed by atoms with Gasteiger partial charge in [0.15, 0.2) is 11.5 Å². The summed E-state index contributed by atoms with van der Waals surface area (Å²) in [4.78, 5) is 0. The highest BCUT2D eigenvalue weighted by molar-refractivity contribution is 5.77. The van der Waals surface area contributed by atoms with Crippen LogP contribution in [0.4, 0.5) is 5.69 Å². The average molecular weight is 315 g/mol. The van der Waals surface area contributed by atoms with Crippen molar-refractivity contribution in [2.45, 2.75) is 0 Å². The van der Waals surface area contributed by atoms with Crippen LogP contribution in [-0.4, -0.2) is 28.4 Å². The zero-order valence-electron chi connectivity index (χ0n) is 13.8. The number of methoxy groups -OCH3 is 4. The molecule has 122 valence electrons. The molecule has 2 rings (SSSR count). The molecule has 0 aliphatic rings. The van der Waals surface area contributed by atoms with E-state index in [-0.39, 0.29) is 0 Å². The topological polar surface area (TPSA) is 62.9 Å². The van der Waals surface area contributed by atoms with Gasteiger partial charge in [0.2, 0.25) is 5.75 Å². The maximum atomic E-state index is 6.02. The van der Waals surface area contributed by atoms with Gasteiger partial charge in [0.05, 0.1) is 28.4 Å². The Labute approximate surface area is 136 Å². The normalized spacial score (nSPS) is 10.6. The standard InChI is InChI=1S/C18H21NO4/c1-20-14-8-7-13(15(19)11-14)6-5-12-9-16(21-2)18(23-4)17(10-12)22-3/h5-11H,19H2,1-4H3. The van der Waals surface area contributed by atoms with Crippen LogP contribution >= 0.6 is 0 Å². The molecule has 0 amide bonds. The van der Waals surface area contributed by atoms with Crippen LogP contribution in [-0.2, 0) is 0 Å². The van der Waals surface area contributed by atoms with Crippen LogP contribution in [0.3, 0.4) is 0 Å². The average Bonchev–Trinajstić information content (AvgIpc) is 2.59. The maximum Gasteiger partial charge on any atom is 0.203 e. The summed E-state index contributed by atoms with van der Waals surface area (Å²) < 4.78 is 21.2. The lowest BCUT2D eigenvalue weighted by molar-refractivity contribution is 0.324. The Balaban J connectivity index is 2.36. The van der Waals surface area contributed by atoms with Crippen molar-refractivity contribution in [3.63, 3.8) is 0 Å². The van der Waals surface area contributed by atoms with E-state index in [4.69, 9.17) is 24.7 Å². The molecule has 0 fully saturated rings. The number of ether oxygens (including phenoxy) is 4. The van der Waals surface area contributed by atoms with Crippen molar-refractivity contribution < 1.29 is 18.9 Å². The summed E-state index contributed by atoms with van der Waals surface area (Å²) in [7, 11) is 6.37. The number of nitrogen functional groups attached to an aromatic ring is 1. The first-order chi connectivity index (χ1) is 11.1. The van der Waals surface area contributed by atoms with E-state index in [1.165, 1.54) is 0 Å². The summed E-state index contributed by atoms with van der Waals surface area (Å²) in [6.45, 7) is 0. The highest BCUT2D eigenvalue weighted by Crippen LogP contribution is 2.38. The van der Waals surface area contributed by atoms with Crippen LogP contribution in [0.2, 0.25) is 0 Å². The van der Waals surface area contributed by atoms with Crippen LogP contribution in [0.1, 0.15) is 11.1 Å². The number of hydrogen-bond acceptors (Lipinski definition) is 5. The molecule has 2 N–H and O–H groups in total. The second-order valence-electron chi connectivity index (χ2n) is 4.79. The predicted octanol–water partition coefficient (Wildman–Crippen LogP) is 3.47. The Morgan fingerprint density at radius 1 is 0.783 bits per heavy atom. The Bertz CT molecular complexity index is 685. The number of benzene rings is 2. The minimum Gasteiger partial charge on any atom is -0.497 e. The van der Waals surface area contributed by atoms with E-state index in [1.54, 1.807) is 34.5 Å². The highest BCUT2D eigenvalue weighted by atomic mass is 16.5. The first-order valence-electron chi connectivity index (χ1n) is 7.04. The maximum absolute atomic E-state index is 6.02. The number of rotatable bonds is 6. The molecule has 0 saturated heterocycles. The molecular weight excluding hydrogens is 294 g/mol. The van der Waals surface area contributed by atoms with Crippen molar-refractivity contribution in [3.8, 4) is 23.0 Å². The van der Waals surface area contributed by atoms with Gasteiger partial charge >= 0.3 is 0 Å². The van der Waals surface area contributed by atoms with Gasteiger partial charge in [0.1, 0.15) is 5.75 Å². The lowest BCUT2D eigenvalue weighted by atomic mass is 10.1. The highest BCUT2D eigenvalue weighted by Gasteiger charge is 2.12. The monoisotopic (exact) mass is 315 g/mol. The summed E-state index contributed by atoms with van der Waals surface area (Å²) in [5.41, 5.74) is 8.48. The van der Waals surface area contributed by atoms with Gasteiger partial charge in [-0.05, 0) is 35.4 Å². The molecule has 0 aliphatic carbocycles. The van der Waals surface area contributed by atoms with Crippen LogP contribution in [0.25, 0.3) is 12.2 Å². The zero-order valence-corrected chi connectivity index (χ0v) is 13.8. The van der Waals surface area contributed by atoms with E-state index in [9.17, 15) is 0 Å². The van der Waals surface area contributed by atoms with E-state index in [0.717, 1.165) is 16.9 Å². The predicted molar refractivity (Wildman–Crippen MR) is 92.4 cm³/mol. The van der Waals surface area contributed by atoms with E-state index in [0.29, 0.717) is 22.9 Å². The molecule has 0 spiro atoms. The van der Waals surface area contributed by atoms with Crippen LogP contribution < -0.4 is 24.7 Å². The van der Waals surface area contributed by atoms with Crippen molar-refractivity contribution in [2.75, 3.05) is 34.2 Å². The van der Waals surface area contributed by atoms with Gasteiger partial charge in [-0.25, -0.2) is 0 Å². The van der Waals surface area contributed by atoms with Crippen molar-refractivity contribution in [1.82, 2.24) is 0 Å². The molecule has 2 aromatic carbocycles. The fourth-order valence-electron chi connectivity index (χ4n) is 2.22. The van der Waals surface area contributed by atoms with E-state index in [2.05, 4.69) is 0 Å². The molecule has 2 aromatic rings. The number of anilines is 1. The third-order valence-electron chi connectivity index (χ3n) is 3.44. The molecule has 5 nitrogen and oxygen atoms in total. The zero-order chi connectivity index (χ0) is 16.8. The Kier molecular flexibility index (Phi) is 5.36. The summed E-state index contributed by atoms with van der Waals surface area (Å²) in [6, 6.07) is 9.30. The molecule has 0 unspecified atom stereocenters. The second kappa shape index (κ2) is 7.45. The van der Waals surface area contributed by atoms with Gasteiger partial charge in [-0.15, -0.1) is 0 Å².